The fourth-order valence-electron chi connectivity index (χ4n) is 1.91. The Bertz CT molecular complexity index is 481. The minimum atomic E-state index is -6.23. The Hall–Kier alpha value is -1.03. The van der Waals surface area contributed by atoms with E-state index in [4.69, 9.17) is 4.55 Å². The first kappa shape index (κ1) is 17.0. The molecule has 1 atom stereocenters. The number of unbranched alkanes of at least 4 members (excludes halogenated alkanes) is 1. The Morgan fingerprint density at radius 2 is 1.80 bits per heavy atom. The number of halogens is 4. The Morgan fingerprint density at radius 3 is 2.25 bits per heavy atom. The first-order chi connectivity index (χ1) is 8.96. The molecular weight excluding hydrogens is 304 g/mol. The van der Waals surface area contributed by atoms with Gasteiger partial charge in [-0.15, -0.1) is 0 Å². The van der Waals surface area contributed by atoms with Gasteiger partial charge < -0.3 is 9.80 Å². The Balaban J connectivity index is 3.12. The van der Waals surface area contributed by atoms with E-state index in [2.05, 4.69) is 0 Å². The molecule has 0 fully saturated rings. The summed E-state index contributed by atoms with van der Waals surface area (Å²) in [4.78, 5) is 1.72. The summed E-state index contributed by atoms with van der Waals surface area (Å²) in [7, 11) is -5.10. The van der Waals surface area contributed by atoms with E-state index in [0.29, 0.717) is 12.8 Å². The second kappa shape index (κ2) is 5.40. The van der Waals surface area contributed by atoms with Crippen LogP contribution in [0.5, 0.6) is 0 Å². The highest BCUT2D eigenvalue weighted by Crippen LogP contribution is 2.44. The minimum absolute atomic E-state index is 0.0686. The highest BCUT2D eigenvalue weighted by molar-refractivity contribution is 7.87. The van der Waals surface area contributed by atoms with E-state index in [1.165, 1.54) is 6.20 Å². The summed E-state index contributed by atoms with van der Waals surface area (Å²) in [5, 5.41) is -5.57. The van der Waals surface area contributed by atoms with Gasteiger partial charge in [0.25, 0.3) is 0 Å². The molecule has 0 bridgehead atoms. The molecular formula is C10H16F4N2O3S. The first-order valence-corrected chi connectivity index (χ1v) is 7.29. The summed E-state index contributed by atoms with van der Waals surface area (Å²) >= 11 is 0. The number of hydrogen-bond acceptors (Lipinski definition) is 4. The van der Waals surface area contributed by atoms with Crippen LogP contribution in [0.2, 0.25) is 0 Å². The lowest BCUT2D eigenvalue weighted by Crippen LogP contribution is -2.61. The van der Waals surface area contributed by atoms with Gasteiger partial charge in [-0.05, 0) is 6.42 Å². The van der Waals surface area contributed by atoms with Crippen LogP contribution in [0, 0.1) is 0 Å². The molecule has 1 N–H and O–H groups in total. The molecule has 20 heavy (non-hydrogen) atoms. The van der Waals surface area contributed by atoms with Crippen LogP contribution in [-0.4, -0.2) is 53.7 Å². The smallest absolute Gasteiger partial charge is 0.354 e. The zero-order valence-corrected chi connectivity index (χ0v) is 11.7. The summed E-state index contributed by atoms with van der Waals surface area (Å²) in [6.07, 6.45) is 1.29. The molecule has 1 aliphatic heterocycles. The Kier molecular flexibility index (Phi) is 4.59. The molecule has 10 heteroatoms. The normalized spacial score (nSPS) is 20.9. The summed E-state index contributed by atoms with van der Waals surface area (Å²) in [5.41, 5.74) is 0. The molecule has 118 valence electrons. The van der Waals surface area contributed by atoms with Crippen LogP contribution in [0.15, 0.2) is 12.4 Å². The predicted molar refractivity (Wildman–Crippen MR) is 63.7 cm³/mol. The third-order valence-electron chi connectivity index (χ3n) is 3.00. The first-order valence-electron chi connectivity index (χ1n) is 5.85. The molecule has 0 saturated heterocycles. The van der Waals surface area contributed by atoms with Gasteiger partial charge in [-0.3, -0.25) is 4.55 Å². The van der Waals surface area contributed by atoms with E-state index >= 15 is 0 Å². The summed E-state index contributed by atoms with van der Waals surface area (Å²) in [6.45, 7) is 1.86. The lowest BCUT2D eigenvalue weighted by molar-refractivity contribution is -0.213. The van der Waals surface area contributed by atoms with Crippen molar-refractivity contribution >= 4 is 10.1 Å². The van der Waals surface area contributed by atoms with Gasteiger partial charge in [-0.2, -0.15) is 26.0 Å². The molecule has 1 unspecified atom stereocenters. The SMILES string of the molecule is CCCCN1C=CN(C)C1C(F)(F)C(F)(F)S(=O)(=O)O. The number of alkyl halides is 4. The zero-order chi connectivity index (χ0) is 15.8. The van der Waals surface area contributed by atoms with Crippen molar-refractivity contribution in [2.24, 2.45) is 0 Å². The highest BCUT2D eigenvalue weighted by Gasteiger charge is 2.71. The molecule has 1 rings (SSSR count). The maximum atomic E-state index is 13.9. The highest BCUT2D eigenvalue weighted by atomic mass is 32.2. The Morgan fingerprint density at radius 1 is 1.25 bits per heavy atom. The molecule has 0 saturated carbocycles. The van der Waals surface area contributed by atoms with Gasteiger partial charge in [-0.25, -0.2) is 0 Å². The molecule has 0 aromatic heterocycles. The topological polar surface area (TPSA) is 60.9 Å². The second-order valence-corrected chi connectivity index (χ2v) is 6.01. The van der Waals surface area contributed by atoms with E-state index in [-0.39, 0.29) is 6.54 Å². The molecule has 0 spiro atoms. The van der Waals surface area contributed by atoms with Gasteiger partial charge in [0.15, 0.2) is 6.17 Å². The molecule has 5 nitrogen and oxygen atoms in total. The molecule has 0 radical (unpaired) electrons. The third-order valence-corrected chi connectivity index (χ3v) is 3.92. The number of nitrogens with zero attached hydrogens (tertiary/aromatic N) is 2. The zero-order valence-electron chi connectivity index (χ0n) is 10.9. The predicted octanol–water partition coefficient (Wildman–Crippen LogP) is 1.95. The second-order valence-electron chi connectivity index (χ2n) is 4.54. The van der Waals surface area contributed by atoms with Crippen LogP contribution in [0.3, 0.4) is 0 Å². The molecule has 0 aliphatic carbocycles. The summed E-state index contributed by atoms with van der Waals surface area (Å²) in [6, 6.07) is 0. The van der Waals surface area contributed by atoms with E-state index in [1.807, 2.05) is 0 Å². The van der Waals surface area contributed by atoms with Crippen molar-refractivity contribution in [1.29, 1.82) is 0 Å². The van der Waals surface area contributed by atoms with Gasteiger partial charge in [0.2, 0.25) is 0 Å². The van der Waals surface area contributed by atoms with Crippen molar-refractivity contribution in [3.8, 4) is 0 Å². The van der Waals surface area contributed by atoms with E-state index in [9.17, 15) is 26.0 Å². The van der Waals surface area contributed by atoms with Gasteiger partial charge in [0.1, 0.15) is 0 Å². The largest absolute Gasteiger partial charge is 0.435 e. The average Bonchev–Trinajstić information content (AvgIpc) is 2.66. The molecule has 0 aromatic carbocycles. The average molecular weight is 320 g/mol. The quantitative estimate of drug-likeness (QED) is 0.599. The van der Waals surface area contributed by atoms with Gasteiger partial charge in [0, 0.05) is 26.0 Å². The van der Waals surface area contributed by atoms with Crippen LogP contribution in [0.25, 0.3) is 0 Å². The standard InChI is InChI=1S/C10H16F4N2O3S/c1-3-4-5-16-7-6-15(2)8(16)9(11,12)10(13,14)20(17,18)19/h6-8H,3-5H2,1-2H3,(H,17,18,19). The fourth-order valence-corrected chi connectivity index (χ4v) is 2.36. The maximum absolute atomic E-state index is 13.9. The van der Waals surface area contributed by atoms with Crippen LogP contribution >= 0.6 is 0 Å². The van der Waals surface area contributed by atoms with Gasteiger partial charge in [-0.1, -0.05) is 13.3 Å². The van der Waals surface area contributed by atoms with Crippen molar-refractivity contribution < 1.29 is 30.5 Å². The van der Waals surface area contributed by atoms with Crippen molar-refractivity contribution in [3.05, 3.63) is 12.4 Å². The van der Waals surface area contributed by atoms with Crippen LogP contribution in [-0.2, 0) is 10.1 Å². The van der Waals surface area contributed by atoms with Crippen molar-refractivity contribution in [1.82, 2.24) is 9.80 Å². The fraction of sp³-hybridized carbons (Fsp3) is 0.800. The van der Waals surface area contributed by atoms with E-state index < -0.39 is 27.5 Å². The molecule has 0 amide bonds. The van der Waals surface area contributed by atoms with Crippen molar-refractivity contribution in [2.45, 2.75) is 37.1 Å². The molecule has 0 aromatic rings. The molecule has 1 aliphatic rings. The monoisotopic (exact) mass is 320 g/mol. The summed E-state index contributed by atoms with van der Waals surface area (Å²) in [5.74, 6) is -4.98. The van der Waals surface area contributed by atoms with E-state index in [1.54, 1.807) is 6.92 Å². The number of rotatable bonds is 6. The van der Waals surface area contributed by atoms with Crippen molar-refractivity contribution in [3.63, 3.8) is 0 Å². The van der Waals surface area contributed by atoms with Crippen LogP contribution < -0.4 is 0 Å². The third kappa shape index (κ3) is 2.71. The van der Waals surface area contributed by atoms with Crippen LogP contribution in [0.4, 0.5) is 17.6 Å². The van der Waals surface area contributed by atoms with E-state index in [0.717, 1.165) is 23.0 Å². The number of hydrogen-bond donors (Lipinski definition) is 1. The van der Waals surface area contributed by atoms with Crippen molar-refractivity contribution in [2.75, 3.05) is 13.6 Å². The Labute approximate surface area is 114 Å². The molecule has 1 heterocycles. The summed E-state index contributed by atoms with van der Waals surface area (Å²) < 4.78 is 84.0. The maximum Gasteiger partial charge on any atom is 0.435 e. The van der Waals surface area contributed by atoms with Gasteiger partial charge in [0.05, 0.1) is 0 Å². The lowest BCUT2D eigenvalue weighted by Gasteiger charge is -2.38. The minimum Gasteiger partial charge on any atom is -0.354 e. The van der Waals surface area contributed by atoms with Gasteiger partial charge >= 0.3 is 21.3 Å². The lowest BCUT2D eigenvalue weighted by atomic mass is 10.2. The van der Waals surface area contributed by atoms with Crippen LogP contribution in [0.1, 0.15) is 19.8 Å².